The van der Waals surface area contributed by atoms with Gasteiger partial charge in [0.05, 0.1) is 12.1 Å². The Labute approximate surface area is 122 Å². The van der Waals surface area contributed by atoms with E-state index in [0.717, 1.165) is 11.1 Å². The molecule has 0 fully saturated rings. The maximum absolute atomic E-state index is 12.0. The summed E-state index contributed by atoms with van der Waals surface area (Å²) >= 11 is 0. The third-order valence-corrected chi connectivity index (χ3v) is 3.68. The molecule has 21 heavy (non-hydrogen) atoms. The van der Waals surface area contributed by atoms with Crippen LogP contribution >= 0.6 is 0 Å². The standard InChI is InChI=1S/C17H18N2O2/c1-11(2)13-5-3-12(4-6-13)10-19-15-8-7-14(18)9-16(15)21-17(19)20/h3-9,11H,10,18H2,1-2H3. The second-order valence-electron chi connectivity index (χ2n) is 5.58. The molecule has 0 saturated carbocycles. The first-order valence-corrected chi connectivity index (χ1v) is 7.02. The van der Waals surface area contributed by atoms with Crippen LogP contribution in [0.25, 0.3) is 11.1 Å². The summed E-state index contributed by atoms with van der Waals surface area (Å²) in [5, 5.41) is 0. The number of nitrogens with two attached hydrogens (primary N) is 1. The Hall–Kier alpha value is -2.49. The van der Waals surface area contributed by atoms with Crippen molar-refractivity contribution in [2.75, 3.05) is 5.73 Å². The number of oxazole rings is 1. The normalized spacial score (nSPS) is 11.4. The Morgan fingerprint density at radius 1 is 1.14 bits per heavy atom. The molecule has 1 aromatic heterocycles. The summed E-state index contributed by atoms with van der Waals surface area (Å²) in [5.74, 6) is 0.142. The molecular formula is C17H18N2O2. The SMILES string of the molecule is CC(C)c1ccc(Cn2c(=O)oc3cc(N)ccc32)cc1. The highest BCUT2D eigenvalue weighted by Gasteiger charge is 2.10. The molecule has 4 nitrogen and oxygen atoms in total. The van der Waals surface area contributed by atoms with Gasteiger partial charge in [0.2, 0.25) is 0 Å². The number of benzene rings is 2. The highest BCUT2D eigenvalue weighted by Crippen LogP contribution is 2.19. The predicted octanol–water partition coefficient (Wildman–Crippen LogP) is 3.35. The van der Waals surface area contributed by atoms with E-state index in [9.17, 15) is 4.79 Å². The van der Waals surface area contributed by atoms with Crippen LogP contribution in [0, 0.1) is 0 Å². The Morgan fingerprint density at radius 2 is 1.86 bits per heavy atom. The van der Waals surface area contributed by atoms with E-state index >= 15 is 0 Å². The van der Waals surface area contributed by atoms with E-state index in [2.05, 4.69) is 38.1 Å². The van der Waals surface area contributed by atoms with Crippen molar-refractivity contribution in [1.29, 1.82) is 0 Å². The number of rotatable bonds is 3. The van der Waals surface area contributed by atoms with E-state index in [4.69, 9.17) is 10.2 Å². The molecule has 2 N–H and O–H groups in total. The van der Waals surface area contributed by atoms with Crippen molar-refractivity contribution in [2.45, 2.75) is 26.3 Å². The first-order chi connectivity index (χ1) is 10.0. The summed E-state index contributed by atoms with van der Waals surface area (Å²) in [7, 11) is 0. The second-order valence-corrected chi connectivity index (χ2v) is 5.58. The number of nitrogen functional groups attached to an aromatic ring is 1. The highest BCUT2D eigenvalue weighted by atomic mass is 16.4. The third kappa shape index (κ3) is 2.57. The van der Waals surface area contributed by atoms with E-state index in [1.807, 2.05) is 6.07 Å². The van der Waals surface area contributed by atoms with E-state index in [-0.39, 0.29) is 5.76 Å². The molecule has 0 unspecified atom stereocenters. The molecule has 0 saturated heterocycles. The summed E-state index contributed by atoms with van der Waals surface area (Å²) in [5.41, 5.74) is 9.95. The first kappa shape index (κ1) is 13.5. The van der Waals surface area contributed by atoms with Crippen LogP contribution in [0.5, 0.6) is 0 Å². The summed E-state index contributed by atoms with van der Waals surface area (Å²) in [6.45, 7) is 4.81. The van der Waals surface area contributed by atoms with Gasteiger partial charge in [0.1, 0.15) is 0 Å². The molecule has 0 aliphatic heterocycles. The fourth-order valence-electron chi connectivity index (χ4n) is 2.42. The van der Waals surface area contributed by atoms with Crippen LogP contribution in [-0.4, -0.2) is 4.57 Å². The van der Waals surface area contributed by atoms with Gasteiger partial charge in [-0.1, -0.05) is 38.1 Å². The molecule has 3 rings (SSSR count). The number of aromatic nitrogens is 1. The molecule has 0 atom stereocenters. The molecule has 3 aromatic rings. The molecule has 4 heteroatoms. The Morgan fingerprint density at radius 3 is 2.52 bits per heavy atom. The second kappa shape index (κ2) is 5.13. The van der Waals surface area contributed by atoms with Crippen LogP contribution in [0.4, 0.5) is 5.69 Å². The van der Waals surface area contributed by atoms with Crippen molar-refractivity contribution in [3.05, 3.63) is 64.1 Å². The summed E-state index contributed by atoms with van der Waals surface area (Å²) in [6, 6.07) is 13.6. The zero-order valence-corrected chi connectivity index (χ0v) is 12.2. The lowest BCUT2D eigenvalue weighted by Gasteiger charge is -2.07. The number of fused-ring (bicyclic) bond motifs is 1. The number of hydrogen-bond acceptors (Lipinski definition) is 3. The maximum atomic E-state index is 12.0. The van der Waals surface area contributed by atoms with Crippen LogP contribution in [0.1, 0.15) is 30.9 Å². The molecule has 108 valence electrons. The Kier molecular flexibility index (Phi) is 3.29. The fourth-order valence-corrected chi connectivity index (χ4v) is 2.42. The van der Waals surface area contributed by atoms with E-state index < -0.39 is 0 Å². The van der Waals surface area contributed by atoms with Crippen LogP contribution < -0.4 is 11.5 Å². The summed E-state index contributed by atoms with van der Waals surface area (Å²) < 4.78 is 6.87. The van der Waals surface area contributed by atoms with Gasteiger partial charge in [0, 0.05) is 11.8 Å². The van der Waals surface area contributed by atoms with Crippen molar-refractivity contribution >= 4 is 16.8 Å². The molecule has 0 aliphatic rings. The zero-order chi connectivity index (χ0) is 15.0. The molecule has 2 aromatic carbocycles. The van der Waals surface area contributed by atoms with E-state index in [0.29, 0.717) is 23.7 Å². The van der Waals surface area contributed by atoms with Crippen molar-refractivity contribution in [1.82, 2.24) is 4.57 Å². The van der Waals surface area contributed by atoms with Gasteiger partial charge < -0.3 is 10.2 Å². The van der Waals surface area contributed by atoms with Crippen molar-refractivity contribution < 1.29 is 4.42 Å². The molecule has 0 spiro atoms. The van der Waals surface area contributed by atoms with Gasteiger partial charge in [0.15, 0.2) is 5.58 Å². The van der Waals surface area contributed by atoms with Gasteiger partial charge >= 0.3 is 5.76 Å². The highest BCUT2D eigenvalue weighted by molar-refractivity contribution is 5.76. The molecular weight excluding hydrogens is 264 g/mol. The zero-order valence-electron chi connectivity index (χ0n) is 12.2. The van der Waals surface area contributed by atoms with Crippen molar-refractivity contribution in [3.8, 4) is 0 Å². The molecule has 1 heterocycles. The minimum atomic E-state index is -0.358. The predicted molar refractivity (Wildman–Crippen MR) is 84.5 cm³/mol. The average Bonchev–Trinajstić information content (AvgIpc) is 2.75. The monoisotopic (exact) mass is 282 g/mol. The van der Waals surface area contributed by atoms with Crippen LogP contribution in [-0.2, 0) is 6.54 Å². The average molecular weight is 282 g/mol. The smallest absolute Gasteiger partial charge is 0.408 e. The largest absolute Gasteiger partial charge is 0.420 e. The fraction of sp³-hybridized carbons (Fsp3) is 0.235. The number of anilines is 1. The van der Waals surface area contributed by atoms with Crippen LogP contribution in [0.3, 0.4) is 0 Å². The van der Waals surface area contributed by atoms with Gasteiger partial charge in [0.25, 0.3) is 0 Å². The van der Waals surface area contributed by atoms with Crippen LogP contribution in [0.15, 0.2) is 51.7 Å². The minimum absolute atomic E-state index is 0.358. The van der Waals surface area contributed by atoms with E-state index in [1.54, 1.807) is 16.7 Å². The van der Waals surface area contributed by atoms with Crippen molar-refractivity contribution in [3.63, 3.8) is 0 Å². The summed E-state index contributed by atoms with van der Waals surface area (Å²) in [6.07, 6.45) is 0. The number of nitrogens with zero attached hydrogens (tertiary/aromatic N) is 1. The molecule has 0 bridgehead atoms. The lowest BCUT2D eigenvalue weighted by Crippen LogP contribution is -2.14. The Bertz CT molecular complexity index is 826. The van der Waals surface area contributed by atoms with Gasteiger partial charge in [-0.2, -0.15) is 0 Å². The van der Waals surface area contributed by atoms with Gasteiger partial charge in [-0.25, -0.2) is 4.79 Å². The van der Waals surface area contributed by atoms with E-state index in [1.165, 1.54) is 5.56 Å². The van der Waals surface area contributed by atoms with Crippen LogP contribution in [0.2, 0.25) is 0 Å². The molecule has 0 radical (unpaired) electrons. The van der Waals surface area contributed by atoms with Crippen molar-refractivity contribution in [2.24, 2.45) is 0 Å². The lowest BCUT2D eigenvalue weighted by molar-refractivity contribution is 0.518. The van der Waals surface area contributed by atoms with Gasteiger partial charge in [-0.15, -0.1) is 0 Å². The topological polar surface area (TPSA) is 61.2 Å². The minimum Gasteiger partial charge on any atom is -0.408 e. The van der Waals surface area contributed by atoms with Gasteiger partial charge in [-0.05, 0) is 29.2 Å². The molecule has 0 amide bonds. The Balaban J connectivity index is 1.98. The first-order valence-electron chi connectivity index (χ1n) is 7.02. The quantitative estimate of drug-likeness (QED) is 0.749. The summed E-state index contributed by atoms with van der Waals surface area (Å²) in [4.78, 5) is 12.0. The lowest BCUT2D eigenvalue weighted by atomic mass is 10.0. The maximum Gasteiger partial charge on any atom is 0.420 e. The third-order valence-electron chi connectivity index (χ3n) is 3.68. The molecule has 0 aliphatic carbocycles. The van der Waals surface area contributed by atoms with Gasteiger partial charge in [-0.3, -0.25) is 4.57 Å². The number of hydrogen-bond donors (Lipinski definition) is 1.